The van der Waals surface area contributed by atoms with Gasteiger partial charge in [-0.1, -0.05) is 19.3 Å². The Morgan fingerprint density at radius 1 is 1.18 bits per heavy atom. The number of aliphatic hydroxyl groups excluding tert-OH is 1. The Bertz CT molecular complexity index is 333. The molecule has 0 heterocycles. The van der Waals surface area contributed by atoms with Gasteiger partial charge in [0.2, 0.25) is 0 Å². The highest BCUT2D eigenvalue weighted by atomic mass is 19.1. The summed E-state index contributed by atoms with van der Waals surface area (Å²) in [5, 5.41) is 12.8. The number of rotatable bonds is 4. The summed E-state index contributed by atoms with van der Waals surface area (Å²) in [5.74, 6) is 0.313. The first-order valence-electron chi connectivity index (χ1n) is 6.42. The van der Waals surface area contributed by atoms with Crippen LogP contribution >= 0.6 is 0 Å². The van der Waals surface area contributed by atoms with Gasteiger partial charge < -0.3 is 10.4 Å². The molecule has 1 aromatic carbocycles. The first-order chi connectivity index (χ1) is 8.29. The number of anilines is 1. The molecule has 0 aliphatic heterocycles. The summed E-state index contributed by atoms with van der Waals surface area (Å²) < 4.78 is 12.8. The van der Waals surface area contributed by atoms with Crippen LogP contribution in [0.15, 0.2) is 24.3 Å². The number of benzene rings is 1. The molecular weight excluding hydrogens is 217 g/mol. The Hall–Kier alpha value is -1.09. The molecule has 0 amide bonds. The summed E-state index contributed by atoms with van der Waals surface area (Å²) in [4.78, 5) is 0. The van der Waals surface area contributed by atoms with Crippen LogP contribution in [0.5, 0.6) is 0 Å². The lowest BCUT2D eigenvalue weighted by Crippen LogP contribution is -2.33. The maximum Gasteiger partial charge on any atom is 0.123 e. The third-order valence-corrected chi connectivity index (χ3v) is 3.61. The molecule has 0 bridgehead atoms. The van der Waals surface area contributed by atoms with Crippen molar-refractivity contribution in [3.05, 3.63) is 30.1 Å². The van der Waals surface area contributed by atoms with Gasteiger partial charge >= 0.3 is 0 Å². The average Bonchev–Trinajstić information content (AvgIpc) is 2.39. The number of hydrogen-bond donors (Lipinski definition) is 2. The van der Waals surface area contributed by atoms with Crippen molar-refractivity contribution in [2.75, 3.05) is 11.9 Å². The SMILES string of the molecule is OCC(Nc1ccc(F)cc1)C1CCCCC1. The molecule has 94 valence electrons. The van der Waals surface area contributed by atoms with E-state index in [-0.39, 0.29) is 18.5 Å². The molecule has 0 aromatic heterocycles. The van der Waals surface area contributed by atoms with Gasteiger partial charge in [0.05, 0.1) is 12.6 Å². The molecule has 3 heteroatoms. The molecule has 1 aliphatic rings. The monoisotopic (exact) mass is 237 g/mol. The van der Waals surface area contributed by atoms with Crippen LogP contribution in [0.1, 0.15) is 32.1 Å². The van der Waals surface area contributed by atoms with E-state index >= 15 is 0 Å². The van der Waals surface area contributed by atoms with Gasteiger partial charge in [0.15, 0.2) is 0 Å². The van der Waals surface area contributed by atoms with E-state index in [0.717, 1.165) is 5.69 Å². The largest absolute Gasteiger partial charge is 0.394 e. The molecule has 17 heavy (non-hydrogen) atoms. The van der Waals surface area contributed by atoms with Gasteiger partial charge in [0.25, 0.3) is 0 Å². The number of hydrogen-bond acceptors (Lipinski definition) is 2. The van der Waals surface area contributed by atoms with Gasteiger partial charge in [0.1, 0.15) is 5.82 Å². The summed E-state index contributed by atoms with van der Waals surface area (Å²) in [6, 6.07) is 6.43. The minimum atomic E-state index is -0.228. The summed E-state index contributed by atoms with van der Waals surface area (Å²) in [6.45, 7) is 0.141. The highest BCUT2D eigenvalue weighted by Crippen LogP contribution is 2.28. The van der Waals surface area contributed by atoms with Crippen molar-refractivity contribution in [3.8, 4) is 0 Å². The van der Waals surface area contributed by atoms with Crippen molar-refractivity contribution in [2.24, 2.45) is 5.92 Å². The fourth-order valence-electron chi connectivity index (χ4n) is 2.61. The van der Waals surface area contributed by atoms with Crippen LogP contribution in [0.3, 0.4) is 0 Å². The molecule has 1 aliphatic carbocycles. The van der Waals surface area contributed by atoms with E-state index in [4.69, 9.17) is 0 Å². The third kappa shape index (κ3) is 3.43. The summed E-state index contributed by atoms with van der Waals surface area (Å²) in [5.41, 5.74) is 0.885. The molecule has 1 atom stereocenters. The lowest BCUT2D eigenvalue weighted by atomic mass is 9.84. The van der Waals surface area contributed by atoms with Crippen molar-refractivity contribution in [2.45, 2.75) is 38.1 Å². The van der Waals surface area contributed by atoms with Gasteiger partial charge in [-0.3, -0.25) is 0 Å². The van der Waals surface area contributed by atoms with Crippen molar-refractivity contribution in [1.82, 2.24) is 0 Å². The molecular formula is C14H20FNO. The summed E-state index contributed by atoms with van der Waals surface area (Å²) >= 11 is 0. The van der Waals surface area contributed by atoms with Crippen molar-refractivity contribution < 1.29 is 9.50 Å². The minimum absolute atomic E-state index is 0.0979. The van der Waals surface area contributed by atoms with Crippen LogP contribution in [-0.2, 0) is 0 Å². The molecule has 2 rings (SSSR count). The van der Waals surface area contributed by atoms with E-state index in [1.165, 1.54) is 44.2 Å². The third-order valence-electron chi connectivity index (χ3n) is 3.61. The van der Waals surface area contributed by atoms with E-state index < -0.39 is 0 Å². The second-order valence-corrected chi connectivity index (χ2v) is 4.84. The van der Waals surface area contributed by atoms with Gasteiger partial charge in [-0.15, -0.1) is 0 Å². The van der Waals surface area contributed by atoms with Crippen LogP contribution < -0.4 is 5.32 Å². The van der Waals surface area contributed by atoms with Gasteiger partial charge in [-0.05, 0) is 43.0 Å². The van der Waals surface area contributed by atoms with Gasteiger partial charge in [0, 0.05) is 5.69 Å². The maximum absolute atomic E-state index is 12.8. The van der Waals surface area contributed by atoms with E-state index in [1.54, 1.807) is 12.1 Å². The Balaban J connectivity index is 1.96. The zero-order valence-electron chi connectivity index (χ0n) is 10.0. The lowest BCUT2D eigenvalue weighted by Gasteiger charge is -2.30. The van der Waals surface area contributed by atoms with Crippen LogP contribution in [0.2, 0.25) is 0 Å². The van der Waals surface area contributed by atoms with Gasteiger partial charge in [-0.25, -0.2) is 4.39 Å². The highest BCUT2D eigenvalue weighted by molar-refractivity contribution is 5.44. The fraction of sp³-hybridized carbons (Fsp3) is 0.571. The molecule has 1 aromatic rings. The molecule has 0 saturated heterocycles. The molecule has 1 unspecified atom stereocenters. The van der Waals surface area contributed by atoms with Crippen LogP contribution in [0.4, 0.5) is 10.1 Å². The molecule has 0 radical (unpaired) electrons. The zero-order valence-corrected chi connectivity index (χ0v) is 10.0. The van der Waals surface area contributed by atoms with Crippen molar-refractivity contribution in [3.63, 3.8) is 0 Å². The van der Waals surface area contributed by atoms with E-state index in [9.17, 15) is 9.50 Å². The Kier molecular flexibility index (Phi) is 4.37. The van der Waals surface area contributed by atoms with Crippen molar-refractivity contribution in [1.29, 1.82) is 0 Å². The van der Waals surface area contributed by atoms with E-state index in [0.29, 0.717) is 5.92 Å². The minimum Gasteiger partial charge on any atom is -0.394 e. The Morgan fingerprint density at radius 2 is 1.82 bits per heavy atom. The second kappa shape index (κ2) is 6.01. The van der Waals surface area contributed by atoms with Gasteiger partial charge in [-0.2, -0.15) is 0 Å². The molecule has 1 saturated carbocycles. The number of nitrogens with one attached hydrogen (secondary N) is 1. The zero-order chi connectivity index (χ0) is 12.1. The molecule has 2 nitrogen and oxygen atoms in total. The molecule has 2 N–H and O–H groups in total. The highest BCUT2D eigenvalue weighted by Gasteiger charge is 2.22. The standard InChI is InChI=1S/C14H20FNO/c15-12-6-8-13(9-7-12)16-14(10-17)11-4-2-1-3-5-11/h6-9,11,14,16-17H,1-5,10H2. The predicted molar refractivity (Wildman–Crippen MR) is 67.5 cm³/mol. The summed E-state index contributed by atoms with van der Waals surface area (Å²) in [7, 11) is 0. The molecule has 1 fully saturated rings. The summed E-state index contributed by atoms with van der Waals surface area (Å²) in [6.07, 6.45) is 6.18. The fourth-order valence-corrected chi connectivity index (χ4v) is 2.61. The van der Waals surface area contributed by atoms with Crippen LogP contribution in [-0.4, -0.2) is 17.8 Å². The smallest absolute Gasteiger partial charge is 0.123 e. The average molecular weight is 237 g/mol. The van der Waals surface area contributed by atoms with Crippen LogP contribution in [0, 0.1) is 11.7 Å². The predicted octanol–water partition coefficient (Wildman–Crippen LogP) is 3.18. The number of halogens is 1. The molecule has 0 spiro atoms. The number of aliphatic hydroxyl groups is 1. The van der Waals surface area contributed by atoms with Crippen LogP contribution in [0.25, 0.3) is 0 Å². The Morgan fingerprint density at radius 3 is 2.41 bits per heavy atom. The first-order valence-corrected chi connectivity index (χ1v) is 6.42. The quantitative estimate of drug-likeness (QED) is 0.843. The van der Waals surface area contributed by atoms with E-state index in [2.05, 4.69) is 5.32 Å². The lowest BCUT2D eigenvalue weighted by molar-refractivity contribution is 0.209. The maximum atomic E-state index is 12.8. The van der Waals surface area contributed by atoms with E-state index in [1.807, 2.05) is 0 Å². The topological polar surface area (TPSA) is 32.3 Å². The normalized spacial score (nSPS) is 18.9. The van der Waals surface area contributed by atoms with Crippen molar-refractivity contribution >= 4 is 5.69 Å². The second-order valence-electron chi connectivity index (χ2n) is 4.84. The Labute approximate surface area is 102 Å². The first kappa shape index (κ1) is 12.4.